The second kappa shape index (κ2) is 5.54. The van der Waals surface area contributed by atoms with E-state index in [0.29, 0.717) is 11.4 Å². The average Bonchev–Trinajstić information content (AvgIpc) is 2.54. The lowest BCUT2D eigenvalue weighted by Gasteiger charge is -2.35. The molecule has 0 spiro atoms. The lowest BCUT2D eigenvalue weighted by molar-refractivity contribution is 0.0975. The minimum absolute atomic E-state index is 0.0225. The fraction of sp³-hybridized carbons (Fsp3) is 0.250. The highest BCUT2D eigenvalue weighted by atomic mass is 16.2. The molecule has 1 aliphatic rings. The van der Waals surface area contributed by atoms with E-state index in [2.05, 4.69) is 23.4 Å². The highest BCUT2D eigenvalue weighted by molar-refractivity contribution is 6.07. The maximum atomic E-state index is 12.8. The van der Waals surface area contributed by atoms with E-state index in [-0.39, 0.29) is 11.9 Å². The van der Waals surface area contributed by atoms with Crippen LogP contribution in [0.1, 0.15) is 29.3 Å². The van der Waals surface area contributed by atoms with Crippen molar-refractivity contribution in [3.63, 3.8) is 0 Å². The number of nitrogens with two attached hydrogens (primary N) is 1. The summed E-state index contributed by atoms with van der Waals surface area (Å²) in [7, 11) is 0. The van der Waals surface area contributed by atoms with Crippen LogP contribution in [-0.4, -0.2) is 16.9 Å². The number of aromatic nitrogens is 1. The number of hydrazine groups is 1. The fourth-order valence-corrected chi connectivity index (χ4v) is 2.74. The van der Waals surface area contributed by atoms with Crippen molar-refractivity contribution in [3.8, 4) is 0 Å². The van der Waals surface area contributed by atoms with Gasteiger partial charge in [0, 0.05) is 17.9 Å². The Bertz CT molecular complexity index is 654. The van der Waals surface area contributed by atoms with Crippen molar-refractivity contribution in [2.45, 2.75) is 25.8 Å². The number of amides is 1. The minimum atomic E-state index is -0.0225. The average molecular weight is 282 g/mol. The van der Waals surface area contributed by atoms with Gasteiger partial charge in [0.1, 0.15) is 5.82 Å². The summed E-state index contributed by atoms with van der Waals surface area (Å²) in [6, 6.07) is 11.7. The standard InChI is InChI=1S/C16H18N4O/c1-11-6-7-12-4-2-3-5-14(12)20(11)16(21)13-8-9-15(19-17)18-10-13/h2-5,8-11H,6-7,17H2,1H3,(H,18,19). The number of pyridine rings is 1. The Morgan fingerprint density at radius 2 is 2.14 bits per heavy atom. The Labute approximate surface area is 123 Å². The molecule has 1 amide bonds. The maximum Gasteiger partial charge on any atom is 0.260 e. The fourth-order valence-electron chi connectivity index (χ4n) is 2.74. The molecular weight excluding hydrogens is 264 g/mol. The summed E-state index contributed by atoms with van der Waals surface area (Å²) < 4.78 is 0. The van der Waals surface area contributed by atoms with Crippen LogP contribution in [-0.2, 0) is 6.42 Å². The summed E-state index contributed by atoms with van der Waals surface area (Å²) in [5.74, 6) is 5.81. The van der Waals surface area contributed by atoms with Gasteiger partial charge in [-0.3, -0.25) is 4.79 Å². The zero-order valence-corrected chi connectivity index (χ0v) is 11.9. The van der Waals surface area contributed by atoms with E-state index in [0.717, 1.165) is 18.5 Å². The van der Waals surface area contributed by atoms with Crippen molar-refractivity contribution < 1.29 is 4.79 Å². The normalized spacial score (nSPS) is 17.2. The van der Waals surface area contributed by atoms with Gasteiger partial charge >= 0.3 is 0 Å². The monoisotopic (exact) mass is 282 g/mol. The molecular formula is C16H18N4O. The van der Waals surface area contributed by atoms with Gasteiger partial charge in [-0.05, 0) is 43.5 Å². The summed E-state index contributed by atoms with van der Waals surface area (Å²) in [4.78, 5) is 18.8. The first kappa shape index (κ1) is 13.6. The number of nitrogens with zero attached hydrogens (tertiary/aromatic N) is 2. The third-order valence-electron chi connectivity index (χ3n) is 3.90. The van der Waals surface area contributed by atoms with Crippen LogP contribution in [0, 0.1) is 0 Å². The Morgan fingerprint density at radius 1 is 1.33 bits per heavy atom. The van der Waals surface area contributed by atoms with Crippen LogP contribution in [0.2, 0.25) is 0 Å². The lowest BCUT2D eigenvalue weighted by atomic mass is 9.96. The molecule has 0 saturated heterocycles. The van der Waals surface area contributed by atoms with E-state index in [9.17, 15) is 4.79 Å². The number of nitrogen functional groups attached to an aromatic ring is 1. The summed E-state index contributed by atoms with van der Waals surface area (Å²) in [5, 5.41) is 0. The Hall–Kier alpha value is -2.40. The Balaban J connectivity index is 1.96. The van der Waals surface area contributed by atoms with E-state index in [4.69, 9.17) is 5.84 Å². The number of fused-ring (bicyclic) bond motifs is 1. The molecule has 1 aliphatic heterocycles. The van der Waals surface area contributed by atoms with Crippen molar-refractivity contribution in [2.75, 3.05) is 10.3 Å². The molecule has 0 aliphatic carbocycles. The van der Waals surface area contributed by atoms with Gasteiger partial charge in [0.25, 0.3) is 5.91 Å². The topological polar surface area (TPSA) is 71.2 Å². The summed E-state index contributed by atoms with van der Waals surface area (Å²) >= 11 is 0. The van der Waals surface area contributed by atoms with Gasteiger partial charge in [0.2, 0.25) is 0 Å². The van der Waals surface area contributed by atoms with Crippen molar-refractivity contribution in [1.29, 1.82) is 0 Å². The SMILES string of the molecule is CC1CCc2ccccc2N1C(=O)c1ccc(NN)nc1. The molecule has 0 radical (unpaired) electrons. The van der Waals surface area contributed by atoms with Gasteiger partial charge in [-0.2, -0.15) is 0 Å². The minimum Gasteiger partial charge on any atom is -0.308 e. The number of hydrogen-bond donors (Lipinski definition) is 2. The third-order valence-corrected chi connectivity index (χ3v) is 3.90. The molecule has 108 valence electrons. The number of hydrogen-bond acceptors (Lipinski definition) is 4. The maximum absolute atomic E-state index is 12.8. The molecule has 3 rings (SSSR count). The number of para-hydroxylation sites is 1. The number of benzene rings is 1. The molecule has 3 N–H and O–H groups in total. The van der Waals surface area contributed by atoms with Crippen molar-refractivity contribution in [1.82, 2.24) is 4.98 Å². The summed E-state index contributed by atoms with van der Waals surface area (Å²) in [6.45, 7) is 2.08. The summed E-state index contributed by atoms with van der Waals surface area (Å²) in [5.41, 5.74) is 5.25. The van der Waals surface area contributed by atoms with E-state index >= 15 is 0 Å². The lowest BCUT2D eigenvalue weighted by Crippen LogP contribution is -2.42. The predicted octanol–water partition coefficient (Wildman–Crippen LogP) is 2.35. The highest BCUT2D eigenvalue weighted by Gasteiger charge is 2.28. The van der Waals surface area contributed by atoms with E-state index in [1.54, 1.807) is 18.3 Å². The van der Waals surface area contributed by atoms with Crippen LogP contribution < -0.4 is 16.2 Å². The van der Waals surface area contributed by atoms with Gasteiger partial charge in [0.05, 0.1) is 5.56 Å². The molecule has 0 bridgehead atoms. The molecule has 1 unspecified atom stereocenters. The number of anilines is 2. The predicted molar refractivity (Wildman–Crippen MR) is 83.1 cm³/mol. The molecule has 1 aromatic carbocycles. The third kappa shape index (κ3) is 2.48. The largest absolute Gasteiger partial charge is 0.308 e. The molecule has 5 nitrogen and oxygen atoms in total. The molecule has 1 aromatic heterocycles. The van der Waals surface area contributed by atoms with Gasteiger partial charge in [0.15, 0.2) is 0 Å². The molecule has 5 heteroatoms. The zero-order valence-electron chi connectivity index (χ0n) is 11.9. The first-order valence-corrected chi connectivity index (χ1v) is 7.05. The number of nitrogens with one attached hydrogen (secondary N) is 1. The molecule has 0 fully saturated rings. The van der Waals surface area contributed by atoms with Gasteiger partial charge in [-0.1, -0.05) is 18.2 Å². The molecule has 2 aromatic rings. The van der Waals surface area contributed by atoms with Crippen LogP contribution in [0.15, 0.2) is 42.6 Å². The summed E-state index contributed by atoms with van der Waals surface area (Å²) in [6.07, 6.45) is 3.54. The van der Waals surface area contributed by atoms with Crippen molar-refractivity contribution in [3.05, 3.63) is 53.7 Å². The first-order chi connectivity index (χ1) is 10.2. The van der Waals surface area contributed by atoms with Gasteiger partial charge < -0.3 is 10.3 Å². The number of carbonyl (C=O) groups excluding carboxylic acids is 1. The molecule has 2 heterocycles. The van der Waals surface area contributed by atoms with Crippen LogP contribution in [0.3, 0.4) is 0 Å². The molecule has 21 heavy (non-hydrogen) atoms. The first-order valence-electron chi connectivity index (χ1n) is 7.05. The number of rotatable bonds is 2. The van der Waals surface area contributed by atoms with E-state index in [1.165, 1.54) is 5.56 Å². The highest BCUT2D eigenvalue weighted by Crippen LogP contribution is 2.31. The van der Waals surface area contributed by atoms with E-state index < -0.39 is 0 Å². The Kier molecular flexibility index (Phi) is 3.58. The van der Waals surface area contributed by atoms with Crippen molar-refractivity contribution in [2.24, 2.45) is 5.84 Å². The van der Waals surface area contributed by atoms with Crippen LogP contribution in [0.25, 0.3) is 0 Å². The van der Waals surface area contributed by atoms with Gasteiger partial charge in [-0.25, -0.2) is 10.8 Å². The smallest absolute Gasteiger partial charge is 0.260 e. The second-order valence-corrected chi connectivity index (χ2v) is 5.27. The second-order valence-electron chi connectivity index (χ2n) is 5.27. The zero-order chi connectivity index (χ0) is 14.8. The number of carbonyl (C=O) groups is 1. The number of aryl methyl sites for hydroxylation is 1. The molecule has 0 saturated carbocycles. The van der Waals surface area contributed by atoms with Crippen LogP contribution in [0.4, 0.5) is 11.5 Å². The van der Waals surface area contributed by atoms with Gasteiger partial charge in [-0.15, -0.1) is 0 Å². The quantitative estimate of drug-likeness (QED) is 0.655. The van der Waals surface area contributed by atoms with E-state index in [1.807, 2.05) is 23.1 Å². The Morgan fingerprint density at radius 3 is 2.86 bits per heavy atom. The van der Waals surface area contributed by atoms with Crippen molar-refractivity contribution >= 4 is 17.4 Å². The van der Waals surface area contributed by atoms with Crippen LogP contribution >= 0.6 is 0 Å². The van der Waals surface area contributed by atoms with Crippen LogP contribution in [0.5, 0.6) is 0 Å². The molecule has 1 atom stereocenters.